The van der Waals surface area contributed by atoms with Gasteiger partial charge in [0.25, 0.3) is 0 Å². The van der Waals surface area contributed by atoms with Crippen LogP contribution in [-0.4, -0.2) is 27.3 Å². The maximum absolute atomic E-state index is 10.3. The lowest BCUT2D eigenvalue weighted by Crippen LogP contribution is -2.24. The van der Waals surface area contributed by atoms with Crippen molar-refractivity contribution in [2.45, 2.75) is 6.54 Å². The summed E-state index contributed by atoms with van der Waals surface area (Å²) in [6, 6.07) is 9.85. The molecule has 0 fully saturated rings. The molecule has 0 saturated heterocycles. The fraction of sp³-hybridized carbons (Fsp3) is 0.167. The Morgan fingerprint density at radius 3 is 2.82 bits per heavy atom. The molecule has 1 aromatic carbocycles. The lowest BCUT2D eigenvalue weighted by atomic mass is 10.2. The molecule has 2 N–H and O–H groups in total. The minimum absolute atomic E-state index is 0.375. The second-order valence-electron chi connectivity index (χ2n) is 3.59. The Morgan fingerprint density at radius 2 is 2.12 bits per heavy atom. The number of hydrogen-bond acceptors (Lipinski definition) is 2. The average molecular weight is 231 g/mol. The Bertz CT molecular complexity index is 493. The molecule has 0 unspecified atom stereocenters. The number of benzene rings is 1. The number of amides is 1. The fourth-order valence-electron chi connectivity index (χ4n) is 1.53. The third kappa shape index (κ3) is 3.07. The van der Waals surface area contributed by atoms with Crippen LogP contribution in [0.3, 0.4) is 0 Å². The van der Waals surface area contributed by atoms with Crippen LogP contribution in [0.5, 0.6) is 0 Å². The van der Waals surface area contributed by atoms with Crippen LogP contribution >= 0.6 is 0 Å². The zero-order valence-electron chi connectivity index (χ0n) is 9.21. The van der Waals surface area contributed by atoms with E-state index in [2.05, 4.69) is 10.3 Å². The van der Waals surface area contributed by atoms with E-state index in [1.807, 2.05) is 41.1 Å². The van der Waals surface area contributed by atoms with Gasteiger partial charge in [-0.3, -0.25) is 0 Å². The van der Waals surface area contributed by atoms with E-state index in [0.717, 1.165) is 11.3 Å². The first-order chi connectivity index (χ1) is 8.25. The maximum Gasteiger partial charge on any atom is 0.404 e. The van der Waals surface area contributed by atoms with Gasteiger partial charge in [0.05, 0.1) is 12.0 Å². The zero-order valence-corrected chi connectivity index (χ0v) is 9.21. The number of nitrogens with one attached hydrogen (secondary N) is 1. The minimum atomic E-state index is -1.01. The summed E-state index contributed by atoms with van der Waals surface area (Å²) in [6.07, 6.45) is 2.60. The number of aromatic nitrogens is 2. The molecule has 2 rings (SSSR count). The van der Waals surface area contributed by atoms with Crippen molar-refractivity contribution in [3.8, 4) is 11.3 Å². The van der Waals surface area contributed by atoms with Crippen LogP contribution in [0.1, 0.15) is 0 Å². The molecule has 0 aliphatic heterocycles. The van der Waals surface area contributed by atoms with Gasteiger partial charge in [-0.1, -0.05) is 30.3 Å². The number of carbonyl (C=O) groups is 1. The molecule has 17 heavy (non-hydrogen) atoms. The third-order valence-electron chi connectivity index (χ3n) is 2.35. The van der Waals surface area contributed by atoms with Gasteiger partial charge in [0.15, 0.2) is 0 Å². The lowest BCUT2D eigenvalue weighted by molar-refractivity contribution is 0.194. The molecule has 0 radical (unpaired) electrons. The molecule has 0 aliphatic carbocycles. The van der Waals surface area contributed by atoms with Crippen molar-refractivity contribution in [2.24, 2.45) is 0 Å². The molecule has 5 heteroatoms. The van der Waals surface area contributed by atoms with Crippen LogP contribution < -0.4 is 5.32 Å². The summed E-state index contributed by atoms with van der Waals surface area (Å²) in [5, 5.41) is 10.7. The van der Waals surface area contributed by atoms with Gasteiger partial charge < -0.3 is 15.0 Å². The van der Waals surface area contributed by atoms with Gasteiger partial charge in [0, 0.05) is 24.8 Å². The quantitative estimate of drug-likeness (QED) is 0.843. The predicted octanol–water partition coefficient (Wildman–Crippen LogP) is 1.82. The van der Waals surface area contributed by atoms with Crippen molar-refractivity contribution >= 4 is 6.09 Å². The van der Waals surface area contributed by atoms with E-state index in [-0.39, 0.29) is 0 Å². The highest BCUT2D eigenvalue weighted by Crippen LogP contribution is 2.15. The molecule has 1 amide bonds. The third-order valence-corrected chi connectivity index (χ3v) is 2.35. The van der Waals surface area contributed by atoms with E-state index in [1.165, 1.54) is 0 Å². The van der Waals surface area contributed by atoms with Crippen molar-refractivity contribution in [1.29, 1.82) is 0 Å². The van der Waals surface area contributed by atoms with E-state index in [0.29, 0.717) is 13.1 Å². The first-order valence-electron chi connectivity index (χ1n) is 5.30. The molecule has 0 aliphatic rings. The molecular weight excluding hydrogens is 218 g/mol. The molecule has 1 aromatic heterocycles. The van der Waals surface area contributed by atoms with Gasteiger partial charge in [-0.25, -0.2) is 9.78 Å². The standard InChI is InChI=1S/C12H13N3O2/c16-12(17)13-6-7-15-8-11(14-9-15)10-4-2-1-3-5-10/h1-5,8-9,13H,6-7H2,(H,16,17). The van der Waals surface area contributed by atoms with Gasteiger partial charge in [0.1, 0.15) is 0 Å². The van der Waals surface area contributed by atoms with Gasteiger partial charge in [0.2, 0.25) is 0 Å². The Kier molecular flexibility index (Phi) is 3.40. The molecule has 0 spiro atoms. The van der Waals surface area contributed by atoms with Crippen LogP contribution in [0.2, 0.25) is 0 Å². The molecule has 0 saturated carbocycles. The molecule has 2 aromatic rings. The van der Waals surface area contributed by atoms with Gasteiger partial charge >= 0.3 is 6.09 Å². The highest BCUT2D eigenvalue weighted by Gasteiger charge is 2.01. The monoisotopic (exact) mass is 231 g/mol. The minimum Gasteiger partial charge on any atom is -0.465 e. The summed E-state index contributed by atoms with van der Waals surface area (Å²) in [6.45, 7) is 0.950. The Hall–Kier alpha value is -2.30. The van der Waals surface area contributed by atoms with Crippen LogP contribution in [-0.2, 0) is 6.54 Å². The second-order valence-corrected chi connectivity index (χ2v) is 3.59. The Balaban J connectivity index is 1.99. The molecule has 0 bridgehead atoms. The summed E-state index contributed by atoms with van der Waals surface area (Å²) in [4.78, 5) is 14.6. The van der Waals surface area contributed by atoms with E-state index < -0.39 is 6.09 Å². The Morgan fingerprint density at radius 1 is 1.35 bits per heavy atom. The van der Waals surface area contributed by atoms with Gasteiger partial charge in [-0.15, -0.1) is 0 Å². The smallest absolute Gasteiger partial charge is 0.404 e. The molecule has 88 valence electrons. The van der Waals surface area contributed by atoms with E-state index in [4.69, 9.17) is 5.11 Å². The summed E-state index contributed by atoms with van der Waals surface area (Å²) < 4.78 is 1.86. The van der Waals surface area contributed by atoms with Crippen molar-refractivity contribution < 1.29 is 9.90 Å². The zero-order chi connectivity index (χ0) is 12.1. The van der Waals surface area contributed by atoms with Gasteiger partial charge in [-0.05, 0) is 0 Å². The van der Waals surface area contributed by atoms with Gasteiger partial charge in [-0.2, -0.15) is 0 Å². The van der Waals surface area contributed by atoms with E-state index in [1.54, 1.807) is 6.33 Å². The second kappa shape index (κ2) is 5.16. The number of hydrogen-bond donors (Lipinski definition) is 2. The fourth-order valence-corrected chi connectivity index (χ4v) is 1.53. The highest BCUT2D eigenvalue weighted by atomic mass is 16.4. The van der Waals surface area contributed by atoms with Crippen molar-refractivity contribution in [3.05, 3.63) is 42.9 Å². The normalized spacial score (nSPS) is 10.1. The average Bonchev–Trinajstić information content (AvgIpc) is 2.78. The summed E-state index contributed by atoms with van der Waals surface area (Å²) in [5.41, 5.74) is 1.94. The number of rotatable bonds is 4. The predicted molar refractivity (Wildman–Crippen MR) is 63.7 cm³/mol. The number of imidazole rings is 1. The largest absolute Gasteiger partial charge is 0.465 e. The van der Waals surface area contributed by atoms with E-state index >= 15 is 0 Å². The molecular formula is C12H13N3O2. The summed E-state index contributed by atoms with van der Waals surface area (Å²) in [7, 11) is 0. The van der Waals surface area contributed by atoms with Crippen molar-refractivity contribution in [1.82, 2.24) is 14.9 Å². The van der Waals surface area contributed by atoms with Crippen LogP contribution in [0.25, 0.3) is 11.3 Å². The maximum atomic E-state index is 10.3. The van der Waals surface area contributed by atoms with Crippen LogP contribution in [0.4, 0.5) is 4.79 Å². The summed E-state index contributed by atoms with van der Waals surface area (Å²) >= 11 is 0. The summed E-state index contributed by atoms with van der Waals surface area (Å²) in [5.74, 6) is 0. The van der Waals surface area contributed by atoms with E-state index in [9.17, 15) is 4.79 Å². The van der Waals surface area contributed by atoms with Crippen LogP contribution in [0.15, 0.2) is 42.9 Å². The number of nitrogens with zero attached hydrogens (tertiary/aromatic N) is 2. The van der Waals surface area contributed by atoms with Crippen LogP contribution in [0, 0.1) is 0 Å². The number of carboxylic acid groups (broad SMARTS) is 1. The topological polar surface area (TPSA) is 67.2 Å². The first-order valence-corrected chi connectivity index (χ1v) is 5.30. The molecule has 5 nitrogen and oxygen atoms in total. The van der Waals surface area contributed by atoms with Crippen molar-refractivity contribution in [3.63, 3.8) is 0 Å². The molecule has 0 atom stereocenters. The Labute approximate surface area is 98.7 Å². The van der Waals surface area contributed by atoms with Crippen molar-refractivity contribution in [2.75, 3.05) is 6.54 Å². The molecule has 1 heterocycles. The highest BCUT2D eigenvalue weighted by molar-refractivity contribution is 5.64. The SMILES string of the molecule is O=C(O)NCCn1cnc(-c2ccccc2)c1. The first kappa shape index (κ1) is 11.2. The lowest BCUT2D eigenvalue weighted by Gasteiger charge is -2.01.